The first-order chi connectivity index (χ1) is 7.05. The molecule has 0 amide bonds. The SMILES string of the molecule is CC1=CCC2[C@H]3[C@@H]1[C@]2(C)CC[C@H]3C(C)C. The lowest BCUT2D eigenvalue weighted by molar-refractivity contribution is -0.181. The summed E-state index contributed by atoms with van der Waals surface area (Å²) in [5.74, 6) is 4.96. The van der Waals surface area contributed by atoms with Crippen LogP contribution in [-0.4, -0.2) is 0 Å². The van der Waals surface area contributed by atoms with Crippen LogP contribution in [0.3, 0.4) is 0 Å². The first-order valence-corrected chi connectivity index (χ1v) is 6.72. The van der Waals surface area contributed by atoms with Crippen molar-refractivity contribution in [2.75, 3.05) is 0 Å². The molecule has 0 heteroatoms. The van der Waals surface area contributed by atoms with E-state index in [1.807, 2.05) is 0 Å². The average molecular weight is 204 g/mol. The Labute approximate surface area is 94.1 Å². The Balaban J connectivity index is 1.95. The highest BCUT2D eigenvalue weighted by Crippen LogP contribution is 2.71. The molecule has 5 atom stereocenters. The van der Waals surface area contributed by atoms with Crippen molar-refractivity contribution in [1.82, 2.24) is 0 Å². The van der Waals surface area contributed by atoms with Crippen LogP contribution in [0.5, 0.6) is 0 Å². The van der Waals surface area contributed by atoms with Crippen molar-refractivity contribution < 1.29 is 0 Å². The topological polar surface area (TPSA) is 0 Å². The van der Waals surface area contributed by atoms with Gasteiger partial charge in [-0.25, -0.2) is 0 Å². The van der Waals surface area contributed by atoms with E-state index in [9.17, 15) is 0 Å². The molecule has 4 aliphatic carbocycles. The van der Waals surface area contributed by atoms with Crippen molar-refractivity contribution in [1.29, 1.82) is 0 Å². The molecule has 84 valence electrons. The summed E-state index contributed by atoms with van der Waals surface area (Å²) in [4.78, 5) is 0. The molecule has 0 N–H and O–H groups in total. The fraction of sp³-hybridized carbons (Fsp3) is 0.867. The molecule has 0 spiro atoms. The van der Waals surface area contributed by atoms with Crippen LogP contribution in [0, 0.1) is 35.0 Å². The summed E-state index contributed by atoms with van der Waals surface area (Å²) >= 11 is 0. The largest absolute Gasteiger partial charge is 0.0850 e. The minimum absolute atomic E-state index is 0.703. The van der Waals surface area contributed by atoms with E-state index in [4.69, 9.17) is 0 Å². The van der Waals surface area contributed by atoms with Gasteiger partial charge in [0.05, 0.1) is 0 Å². The normalized spacial score (nSPS) is 52.5. The lowest BCUT2D eigenvalue weighted by atomic mass is 9.34. The fourth-order valence-corrected chi connectivity index (χ4v) is 5.25. The van der Waals surface area contributed by atoms with Gasteiger partial charge in [-0.3, -0.25) is 0 Å². The van der Waals surface area contributed by atoms with Gasteiger partial charge in [-0.1, -0.05) is 32.4 Å². The van der Waals surface area contributed by atoms with Crippen molar-refractivity contribution in [2.45, 2.75) is 47.0 Å². The number of rotatable bonds is 1. The van der Waals surface area contributed by atoms with E-state index in [1.54, 1.807) is 5.57 Å². The van der Waals surface area contributed by atoms with Gasteiger partial charge >= 0.3 is 0 Å². The molecule has 15 heavy (non-hydrogen) atoms. The highest BCUT2D eigenvalue weighted by atomic mass is 14.7. The Hall–Kier alpha value is -0.260. The van der Waals surface area contributed by atoms with Crippen LogP contribution in [0.2, 0.25) is 0 Å². The van der Waals surface area contributed by atoms with E-state index in [0.717, 1.165) is 29.6 Å². The summed E-state index contributed by atoms with van der Waals surface area (Å²) in [6.45, 7) is 9.81. The van der Waals surface area contributed by atoms with Crippen LogP contribution in [0.25, 0.3) is 0 Å². The number of hydrogen-bond donors (Lipinski definition) is 0. The zero-order valence-electron chi connectivity index (χ0n) is 10.6. The average Bonchev–Trinajstić information content (AvgIpc) is 2.17. The molecule has 0 heterocycles. The van der Waals surface area contributed by atoms with Crippen molar-refractivity contribution in [3.8, 4) is 0 Å². The molecule has 0 saturated heterocycles. The number of hydrogen-bond acceptors (Lipinski definition) is 0. The van der Waals surface area contributed by atoms with Gasteiger partial charge in [0, 0.05) is 0 Å². The summed E-state index contributed by atoms with van der Waals surface area (Å²) in [5, 5.41) is 0. The van der Waals surface area contributed by atoms with Gasteiger partial charge in [-0.05, 0) is 61.2 Å². The molecule has 0 radical (unpaired) electrons. The molecule has 4 bridgehead atoms. The molecule has 0 aliphatic heterocycles. The Morgan fingerprint density at radius 2 is 2.13 bits per heavy atom. The number of fused-ring (bicyclic) bond motifs is 1. The first-order valence-electron chi connectivity index (χ1n) is 6.72. The van der Waals surface area contributed by atoms with Crippen LogP contribution < -0.4 is 0 Å². The smallest absolute Gasteiger partial charge is 0.0115 e. The Kier molecular flexibility index (Phi) is 1.92. The third-order valence-electron chi connectivity index (χ3n) is 5.96. The predicted octanol–water partition coefficient (Wildman–Crippen LogP) is 4.27. The van der Waals surface area contributed by atoms with Crippen LogP contribution >= 0.6 is 0 Å². The molecule has 0 aromatic heterocycles. The van der Waals surface area contributed by atoms with Gasteiger partial charge < -0.3 is 0 Å². The molecule has 4 aliphatic rings. The first kappa shape index (κ1) is 9.93. The van der Waals surface area contributed by atoms with E-state index in [-0.39, 0.29) is 0 Å². The fourth-order valence-electron chi connectivity index (χ4n) is 5.25. The summed E-state index contributed by atoms with van der Waals surface area (Å²) in [6.07, 6.45) is 6.90. The molecule has 1 unspecified atom stereocenters. The quantitative estimate of drug-likeness (QED) is 0.559. The summed E-state index contributed by atoms with van der Waals surface area (Å²) < 4.78 is 0. The van der Waals surface area contributed by atoms with E-state index in [2.05, 4.69) is 33.8 Å². The van der Waals surface area contributed by atoms with Gasteiger partial charge in [0.2, 0.25) is 0 Å². The highest BCUT2D eigenvalue weighted by Gasteiger charge is 2.64. The van der Waals surface area contributed by atoms with Crippen LogP contribution in [0.15, 0.2) is 11.6 Å². The lowest BCUT2D eigenvalue weighted by Gasteiger charge is -2.70. The van der Waals surface area contributed by atoms with Gasteiger partial charge in [-0.2, -0.15) is 0 Å². The van der Waals surface area contributed by atoms with Crippen molar-refractivity contribution in [3.63, 3.8) is 0 Å². The van der Waals surface area contributed by atoms with Crippen LogP contribution in [-0.2, 0) is 0 Å². The van der Waals surface area contributed by atoms with Gasteiger partial charge in [-0.15, -0.1) is 0 Å². The molecule has 2 fully saturated rings. The maximum absolute atomic E-state index is 2.56. The third kappa shape index (κ3) is 1.04. The molecular formula is C15H24. The second-order valence-corrected chi connectivity index (χ2v) is 6.80. The van der Waals surface area contributed by atoms with Crippen molar-refractivity contribution >= 4 is 0 Å². The Morgan fingerprint density at radius 1 is 1.40 bits per heavy atom. The second kappa shape index (κ2) is 2.90. The molecule has 0 nitrogen and oxygen atoms in total. The molecule has 0 aromatic carbocycles. The molecule has 0 aromatic rings. The maximum Gasteiger partial charge on any atom is -0.0115 e. The Bertz CT molecular complexity index is 312. The predicted molar refractivity (Wildman–Crippen MR) is 64.5 cm³/mol. The van der Waals surface area contributed by atoms with E-state index in [0.29, 0.717) is 5.41 Å². The van der Waals surface area contributed by atoms with Crippen molar-refractivity contribution in [3.05, 3.63) is 11.6 Å². The third-order valence-corrected chi connectivity index (χ3v) is 5.96. The zero-order valence-corrected chi connectivity index (χ0v) is 10.6. The lowest BCUT2D eigenvalue weighted by Crippen LogP contribution is -2.63. The standard InChI is InChI=1S/C15H24/c1-9(2)11-7-8-15(4)12-6-5-10(3)14(15)13(11)12/h5,9,11-14H,6-8H2,1-4H3/t11-,12?,13-,14+,15+/m0/s1. The van der Waals surface area contributed by atoms with Crippen LogP contribution in [0.1, 0.15) is 47.0 Å². The Morgan fingerprint density at radius 3 is 2.73 bits per heavy atom. The second-order valence-electron chi connectivity index (χ2n) is 6.80. The molecule has 4 rings (SSSR count). The van der Waals surface area contributed by atoms with Gasteiger partial charge in [0.1, 0.15) is 0 Å². The van der Waals surface area contributed by atoms with E-state index >= 15 is 0 Å². The minimum atomic E-state index is 0.703. The number of allylic oxidation sites excluding steroid dienone is 2. The summed E-state index contributed by atoms with van der Waals surface area (Å²) in [6, 6.07) is 0. The zero-order chi connectivity index (χ0) is 10.8. The van der Waals surface area contributed by atoms with Crippen molar-refractivity contribution in [2.24, 2.45) is 35.0 Å². The minimum Gasteiger partial charge on any atom is -0.0850 e. The van der Waals surface area contributed by atoms with E-state index < -0.39 is 0 Å². The summed E-state index contributed by atoms with van der Waals surface area (Å²) in [7, 11) is 0. The monoisotopic (exact) mass is 204 g/mol. The van der Waals surface area contributed by atoms with Gasteiger partial charge in [0.15, 0.2) is 0 Å². The van der Waals surface area contributed by atoms with Gasteiger partial charge in [0.25, 0.3) is 0 Å². The summed E-state index contributed by atoms with van der Waals surface area (Å²) in [5.41, 5.74) is 2.42. The van der Waals surface area contributed by atoms with Crippen LogP contribution in [0.4, 0.5) is 0 Å². The maximum atomic E-state index is 2.56. The van der Waals surface area contributed by atoms with E-state index in [1.165, 1.54) is 19.3 Å². The highest BCUT2D eigenvalue weighted by molar-refractivity contribution is 5.28. The molecule has 2 saturated carbocycles. The molecular weight excluding hydrogens is 180 g/mol.